The molecule has 29 heavy (non-hydrogen) atoms. The summed E-state index contributed by atoms with van der Waals surface area (Å²) in [5.41, 5.74) is -0.221. The van der Waals surface area contributed by atoms with Crippen molar-refractivity contribution >= 4 is 12.1 Å². The summed E-state index contributed by atoms with van der Waals surface area (Å²) in [5, 5.41) is 22.7. The molecule has 0 aromatic carbocycles. The average Bonchev–Trinajstić information content (AvgIpc) is 2.96. The van der Waals surface area contributed by atoms with Crippen molar-refractivity contribution in [1.82, 2.24) is 5.32 Å². The number of aliphatic carboxylic acids is 1. The third-order valence-corrected chi connectivity index (χ3v) is 8.86. The number of amides is 1. The van der Waals surface area contributed by atoms with Gasteiger partial charge in [0.05, 0.1) is 5.60 Å². The number of ether oxygens (including phenoxy) is 1. The number of carbonyl (C=O) groups excluding carboxylic acids is 1. The van der Waals surface area contributed by atoms with Gasteiger partial charge in [0.2, 0.25) is 0 Å². The zero-order valence-corrected chi connectivity index (χ0v) is 18.3. The van der Waals surface area contributed by atoms with Crippen molar-refractivity contribution in [3.8, 4) is 0 Å². The first-order valence-electron chi connectivity index (χ1n) is 11.5. The molecular formula is C23H39NO5. The van der Waals surface area contributed by atoms with Crippen molar-refractivity contribution in [2.45, 2.75) is 103 Å². The van der Waals surface area contributed by atoms with Crippen LogP contribution >= 0.6 is 0 Å². The largest absolute Gasteiger partial charge is 0.481 e. The molecule has 0 unspecified atom stereocenters. The van der Waals surface area contributed by atoms with Crippen LogP contribution in [0.1, 0.15) is 91.4 Å². The number of carbonyl (C=O) groups is 2. The molecule has 0 aliphatic heterocycles. The van der Waals surface area contributed by atoms with E-state index in [2.05, 4.69) is 26.1 Å². The molecule has 3 N–H and O–H groups in total. The molecule has 0 bridgehead atoms. The van der Waals surface area contributed by atoms with E-state index in [4.69, 9.17) is 9.84 Å². The number of fused-ring (bicyclic) bond motifs is 1. The van der Waals surface area contributed by atoms with Crippen LogP contribution in [0, 0.1) is 22.7 Å². The molecule has 0 aromatic rings. The first kappa shape index (κ1) is 22.4. The van der Waals surface area contributed by atoms with Crippen molar-refractivity contribution in [3.63, 3.8) is 0 Å². The molecule has 0 heterocycles. The van der Waals surface area contributed by atoms with Crippen LogP contribution in [0.5, 0.6) is 0 Å². The molecule has 1 amide bonds. The van der Waals surface area contributed by atoms with Gasteiger partial charge >= 0.3 is 12.1 Å². The molecule has 3 aliphatic rings. The zero-order valence-electron chi connectivity index (χ0n) is 18.3. The van der Waals surface area contributed by atoms with Crippen LogP contribution in [0.4, 0.5) is 4.79 Å². The van der Waals surface area contributed by atoms with E-state index in [1.165, 1.54) is 6.42 Å². The summed E-state index contributed by atoms with van der Waals surface area (Å²) in [6.45, 7) is 7.25. The summed E-state index contributed by atoms with van der Waals surface area (Å²) in [4.78, 5) is 22.5. The number of carboxylic acids is 1. The van der Waals surface area contributed by atoms with Crippen molar-refractivity contribution in [1.29, 1.82) is 0 Å². The molecule has 0 saturated heterocycles. The summed E-state index contributed by atoms with van der Waals surface area (Å²) >= 11 is 0. The minimum absolute atomic E-state index is 0.0475. The van der Waals surface area contributed by atoms with E-state index in [9.17, 15) is 14.7 Å². The van der Waals surface area contributed by atoms with E-state index in [0.29, 0.717) is 24.8 Å². The highest BCUT2D eigenvalue weighted by Crippen LogP contribution is 2.61. The average molecular weight is 410 g/mol. The number of hydrogen-bond donors (Lipinski definition) is 3. The van der Waals surface area contributed by atoms with Gasteiger partial charge in [-0.25, -0.2) is 4.79 Å². The Morgan fingerprint density at radius 3 is 2.59 bits per heavy atom. The number of alkyl carbamates (subject to hydrolysis) is 1. The Morgan fingerprint density at radius 2 is 1.90 bits per heavy atom. The van der Waals surface area contributed by atoms with Gasteiger partial charge in [0, 0.05) is 13.0 Å². The first-order valence-corrected chi connectivity index (χ1v) is 11.5. The SMILES string of the molecule is C[C@@H]1C[C@@H](OC(=O)NCCCC(=O)O)CC[C@]1(C)[C@H]1CC[C@]2(C)CCC[C@]2(O)C1. The molecule has 3 fully saturated rings. The minimum Gasteiger partial charge on any atom is -0.481 e. The van der Waals surface area contributed by atoms with E-state index >= 15 is 0 Å². The summed E-state index contributed by atoms with van der Waals surface area (Å²) in [6.07, 6.45) is 9.12. The number of nitrogens with one attached hydrogen (secondary N) is 1. The molecule has 3 rings (SSSR count). The first-order chi connectivity index (χ1) is 13.6. The molecule has 0 radical (unpaired) electrons. The summed E-state index contributed by atoms with van der Waals surface area (Å²) < 4.78 is 5.61. The van der Waals surface area contributed by atoms with Crippen LogP contribution in [-0.4, -0.2) is 40.5 Å². The van der Waals surface area contributed by atoms with Gasteiger partial charge in [0.25, 0.3) is 0 Å². The van der Waals surface area contributed by atoms with E-state index < -0.39 is 17.7 Å². The van der Waals surface area contributed by atoms with Gasteiger partial charge in [-0.05, 0) is 86.9 Å². The maximum absolute atomic E-state index is 12.0. The summed E-state index contributed by atoms with van der Waals surface area (Å²) in [6, 6.07) is 0. The fourth-order valence-corrected chi connectivity index (χ4v) is 6.41. The second-order valence-corrected chi connectivity index (χ2v) is 10.5. The molecular weight excluding hydrogens is 370 g/mol. The number of rotatable bonds is 6. The van der Waals surface area contributed by atoms with Crippen LogP contribution in [0.15, 0.2) is 0 Å². The highest BCUT2D eigenvalue weighted by atomic mass is 16.6. The Bertz CT molecular complexity index is 624. The summed E-state index contributed by atoms with van der Waals surface area (Å²) in [7, 11) is 0. The van der Waals surface area contributed by atoms with Crippen LogP contribution in [-0.2, 0) is 9.53 Å². The molecule has 3 aliphatic carbocycles. The zero-order chi connectivity index (χ0) is 21.3. The lowest BCUT2D eigenvalue weighted by molar-refractivity contribution is -0.137. The van der Waals surface area contributed by atoms with Gasteiger partial charge in [-0.15, -0.1) is 0 Å². The Kier molecular flexibility index (Phi) is 6.52. The minimum atomic E-state index is -0.856. The Morgan fingerprint density at radius 1 is 1.14 bits per heavy atom. The van der Waals surface area contributed by atoms with E-state index in [1.54, 1.807) is 0 Å². The maximum atomic E-state index is 12.0. The van der Waals surface area contributed by atoms with Gasteiger partial charge < -0.3 is 20.3 Å². The molecule has 3 saturated carbocycles. The molecule has 166 valence electrons. The third kappa shape index (κ3) is 4.57. The van der Waals surface area contributed by atoms with E-state index in [1.807, 2.05) is 0 Å². The fraction of sp³-hybridized carbons (Fsp3) is 0.913. The molecule has 6 nitrogen and oxygen atoms in total. The van der Waals surface area contributed by atoms with Crippen molar-refractivity contribution in [2.24, 2.45) is 22.7 Å². The van der Waals surface area contributed by atoms with Gasteiger partial charge in [0.15, 0.2) is 0 Å². The monoisotopic (exact) mass is 409 g/mol. The van der Waals surface area contributed by atoms with Crippen molar-refractivity contribution in [2.75, 3.05) is 6.54 Å². The maximum Gasteiger partial charge on any atom is 0.407 e. The lowest BCUT2D eigenvalue weighted by Gasteiger charge is -2.55. The molecule has 6 heteroatoms. The van der Waals surface area contributed by atoms with Crippen LogP contribution in [0.25, 0.3) is 0 Å². The Labute approximate surface area is 174 Å². The van der Waals surface area contributed by atoms with Gasteiger partial charge in [-0.1, -0.05) is 20.8 Å². The standard InChI is InChI=1S/C23H39NO5/c1-16-14-18(29-20(27)24-13-4-6-19(25)26)8-12-22(16,3)17-7-11-21(2)9-5-10-23(21,28)15-17/h16-18,28H,4-15H2,1-3H3,(H,24,27)(H,25,26)/t16-,17+,18+,21+,22+,23+/m1/s1. The smallest absolute Gasteiger partial charge is 0.407 e. The molecule has 6 atom stereocenters. The van der Waals surface area contributed by atoms with E-state index in [0.717, 1.165) is 51.4 Å². The quantitative estimate of drug-likeness (QED) is 0.562. The molecule has 0 aromatic heterocycles. The van der Waals surface area contributed by atoms with Crippen molar-refractivity contribution < 1.29 is 24.5 Å². The van der Waals surface area contributed by atoms with Gasteiger partial charge in [-0.2, -0.15) is 0 Å². The Hall–Kier alpha value is -1.30. The predicted octanol–water partition coefficient (Wildman–Crippen LogP) is 4.49. The lowest BCUT2D eigenvalue weighted by atomic mass is 9.52. The van der Waals surface area contributed by atoms with Crippen LogP contribution in [0.3, 0.4) is 0 Å². The third-order valence-electron chi connectivity index (χ3n) is 8.86. The van der Waals surface area contributed by atoms with Gasteiger partial charge in [0.1, 0.15) is 6.10 Å². The second kappa shape index (κ2) is 8.44. The highest BCUT2D eigenvalue weighted by molar-refractivity contribution is 5.68. The fourth-order valence-electron chi connectivity index (χ4n) is 6.41. The van der Waals surface area contributed by atoms with E-state index in [-0.39, 0.29) is 23.4 Å². The second-order valence-electron chi connectivity index (χ2n) is 10.5. The summed E-state index contributed by atoms with van der Waals surface area (Å²) in [5.74, 6) is 0.103. The normalized spacial score (nSPS) is 42.1. The van der Waals surface area contributed by atoms with Crippen LogP contribution in [0.2, 0.25) is 0 Å². The topological polar surface area (TPSA) is 95.9 Å². The molecule has 0 spiro atoms. The highest BCUT2D eigenvalue weighted by Gasteiger charge is 2.57. The predicted molar refractivity (Wildman–Crippen MR) is 111 cm³/mol. The number of carboxylic acid groups (broad SMARTS) is 1. The van der Waals surface area contributed by atoms with Crippen molar-refractivity contribution in [3.05, 3.63) is 0 Å². The number of hydrogen-bond acceptors (Lipinski definition) is 4. The van der Waals surface area contributed by atoms with Crippen LogP contribution < -0.4 is 5.32 Å². The number of aliphatic hydroxyl groups is 1. The van der Waals surface area contributed by atoms with Gasteiger partial charge in [-0.3, -0.25) is 4.79 Å². The Balaban J connectivity index is 1.50. The lowest BCUT2D eigenvalue weighted by Crippen LogP contribution is -2.52.